The van der Waals surface area contributed by atoms with Gasteiger partial charge in [-0.1, -0.05) is 13.3 Å². The number of hydrogen-bond acceptors (Lipinski definition) is 4. The minimum Gasteiger partial charge on any atom is -0.334 e. The topological polar surface area (TPSA) is 66.5 Å². The van der Waals surface area contributed by atoms with Gasteiger partial charge in [-0.25, -0.2) is 8.42 Å². The van der Waals surface area contributed by atoms with Crippen LogP contribution in [0.4, 0.5) is 13.2 Å². The average molecular weight is 330 g/mol. The summed E-state index contributed by atoms with van der Waals surface area (Å²) < 4.78 is 60.4. The fourth-order valence-corrected chi connectivity index (χ4v) is 3.64. The summed E-state index contributed by atoms with van der Waals surface area (Å²) >= 11 is 0. The van der Waals surface area contributed by atoms with Crippen molar-refractivity contribution in [3.05, 3.63) is 0 Å². The van der Waals surface area contributed by atoms with Crippen molar-refractivity contribution < 1.29 is 26.4 Å². The molecule has 0 saturated carbocycles. The molecular weight excluding hydrogens is 309 g/mol. The van der Waals surface area contributed by atoms with Gasteiger partial charge in [0.15, 0.2) is 9.84 Å². The second-order valence-corrected chi connectivity index (χ2v) is 7.48. The molecule has 1 N–H and O–H groups in total. The first-order chi connectivity index (χ1) is 9.63. The molecule has 0 radical (unpaired) electrons. The standard InChI is InChI=1S/C12H21F3N2O3S/c1-2-3-5-17(9-12(13,14)15)11(18)7-10-8-21(19,20)6-4-16-10/h10,16H,2-9H2,1H3. The van der Waals surface area contributed by atoms with Crippen molar-refractivity contribution in [3.63, 3.8) is 0 Å². The summed E-state index contributed by atoms with van der Waals surface area (Å²) in [5.74, 6) is -0.859. The Hall–Kier alpha value is -0.830. The number of alkyl halides is 3. The zero-order chi connectivity index (χ0) is 16.1. The van der Waals surface area contributed by atoms with Crippen LogP contribution in [0.3, 0.4) is 0 Å². The number of amides is 1. The fourth-order valence-electron chi connectivity index (χ4n) is 2.20. The van der Waals surface area contributed by atoms with Gasteiger partial charge in [0, 0.05) is 25.6 Å². The van der Waals surface area contributed by atoms with Crippen molar-refractivity contribution in [2.24, 2.45) is 0 Å². The first-order valence-corrected chi connectivity index (χ1v) is 8.73. The van der Waals surface area contributed by atoms with Crippen molar-refractivity contribution in [2.45, 2.75) is 38.4 Å². The van der Waals surface area contributed by atoms with Crippen LogP contribution in [0.5, 0.6) is 0 Å². The van der Waals surface area contributed by atoms with Gasteiger partial charge in [-0.15, -0.1) is 0 Å². The monoisotopic (exact) mass is 330 g/mol. The molecule has 0 aromatic heterocycles. The van der Waals surface area contributed by atoms with E-state index in [1.54, 1.807) is 0 Å². The van der Waals surface area contributed by atoms with Gasteiger partial charge in [0.05, 0.1) is 11.5 Å². The van der Waals surface area contributed by atoms with Crippen LogP contribution in [0.2, 0.25) is 0 Å². The molecular formula is C12H21F3N2O3S. The van der Waals surface area contributed by atoms with Crippen molar-refractivity contribution in [3.8, 4) is 0 Å². The van der Waals surface area contributed by atoms with Crippen molar-refractivity contribution in [1.29, 1.82) is 0 Å². The van der Waals surface area contributed by atoms with Crippen LogP contribution in [0.15, 0.2) is 0 Å². The number of nitrogens with one attached hydrogen (secondary N) is 1. The molecule has 1 fully saturated rings. The smallest absolute Gasteiger partial charge is 0.334 e. The maximum Gasteiger partial charge on any atom is 0.406 e. The molecule has 1 unspecified atom stereocenters. The number of hydrogen-bond donors (Lipinski definition) is 1. The van der Waals surface area contributed by atoms with Crippen molar-refractivity contribution >= 4 is 15.7 Å². The van der Waals surface area contributed by atoms with E-state index in [-0.39, 0.29) is 31.0 Å². The molecule has 1 saturated heterocycles. The number of carbonyl (C=O) groups is 1. The molecule has 0 spiro atoms. The predicted molar refractivity (Wildman–Crippen MR) is 72.6 cm³/mol. The van der Waals surface area contributed by atoms with E-state index in [2.05, 4.69) is 5.32 Å². The van der Waals surface area contributed by atoms with E-state index in [9.17, 15) is 26.4 Å². The summed E-state index contributed by atoms with van der Waals surface area (Å²) in [5, 5.41) is 2.87. The lowest BCUT2D eigenvalue weighted by Crippen LogP contribution is -2.49. The van der Waals surface area contributed by atoms with Crippen LogP contribution in [0.1, 0.15) is 26.2 Å². The Morgan fingerprint density at radius 2 is 2.05 bits per heavy atom. The van der Waals surface area contributed by atoms with Gasteiger partial charge in [0.2, 0.25) is 5.91 Å². The second-order valence-electron chi connectivity index (χ2n) is 5.25. The van der Waals surface area contributed by atoms with E-state index in [1.807, 2.05) is 6.92 Å². The number of sulfone groups is 1. The largest absolute Gasteiger partial charge is 0.406 e. The summed E-state index contributed by atoms with van der Waals surface area (Å²) in [6.07, 6.45) is -3.51. The van der Waals surface area contributed by atoms with Gasteiger partial charge in [0.25, 0.3) is 0 Å². The molecule has 124 valence electrons. The first-order valence-electron chi connectivity index (χ1n) is 6.91. The van der Waals surface area contributed by atoms with Crippen LogP contribution in [-0.4, -0.2) is 62.6 Å². The first kappa shape index (κ1) is 18.2. The number of halogens is 3. The Morgan fingerprint density at radius 3 is 2.57 bits per heavy atom. The fraction of sp³-hybridized carbons (Fsp3) is 0.917. The maximum absolute atomic E-state index is 12.5. The van der Waals surface area contributed by atoms with Crippen LogP contribution < -0.4 is 5.32 Å². The van der Waals surface area contributed by atoms with Crippen LogP contribution in [-0.2, 0) is 14.6 Å². The van der Waals surface area contributed by atoms with Gasteiger partial charge >= 0.3 is 6.18 Å². The van der Waals surface area contributed by atoms with E-state index < -0.39 is 34.5 Å². The molecule has 0 aromatic rings. The van der Waals surface area contributed by atoms with Crippen molar-refractivity contribution in [2.75, 3.05) is 31.1 Å². The molecule has 9 heteroatoms. The Balaban J connectivity index is 2.62. The number of unbranched alkanes of at least 4 members (excludes halogenated alkanes) is 1. The van der Waals surface area contributed by atoms with Gasteiger partial charge in [-0.3, -0.25) is 4.79 Å². The normalized spacial score (nSPS) is 22.0. The summed E-state index contributed by atoms with van der Waals surface area (Å²) in [5.41, 5.74) is 0. The van der Waals surface area contributed by atoms with Gasteiger partial charge in [0.1, 0.15) is 6.54 Å². The van der Waals surface area contributed by atoms with E-state index in [0.717, 1.165) is 4.90 Å². The van der Waals surface area contributed by atoms with Crippen molar-refractivity contribution in [1.82, 2.24) is 10.2 Å². The minimum atomic E-state index is -4.45. The van der Waals surface area contributed by atoms with E-state index >= 15 is 0 Å². The number of rotatable bonds is 6. The molecule has 1 amide bonds. The minimum absolute atomic E-state index is 0.000208. The zero-order valence-electron chi connectivity index (χ0n) is 11.9. The summed E-state index contributed by atoms with van der Waals surface area (Å²) in [7, 11) is -3.21. The molecule has 5 nitrogen and oxygen atoms in total. The molecule has 0 bridgehead atoms. The third kappa shape index (κ3) is 7.12. The summed E-state index contributed by atoms with van der Waals surface area (Å²) in [6, 6.07) is -0.603. The Labute approximate surface area is 122 Å². The van der Waals surface area contributed by atoms with Crippen LogP contribution in [0.25, 0.3) is 0 Å². The maximum atomic E-state index is 12.5. The molecule has 0 aromatic carbocycles. The summed E-state index contributed by atoms with van der Waals surface area (Å²) in [6.45, 7) is 0.805. The Kier molecular flexibility index (Phi) is 6.45. The lowest BCUT2D eigenvalue weighted by molar-refractivity contribution is -0.161. The predicted octanol–water partition coefficient (Wildman–Crippen LogP) is 0.954. The lowest BCUT2D eigenvalue weighted by atomic mass is 10.2. The highest BCUT2D eigenvalue weighted by Crippen LogP contribution is 2.18. The highest BCUT2D eigenvalue weighted by molar-refractivity contribution is 7.91. The molecule has 1 rings (SSSR count). The van der Waals surface area contributed by atoms with Crippen LogP contribution in [0, 0.1) is 0 Å². The Bertz CT molecular complexity index is 451. The van der Waals surface area contributed by atoms with E-state index in [0.29, 0.717) is 12.8 Å². The average Bonchev–Trinajstić information content (AvgIpc) is 2.31. The van der Waals surface area contributed by atoms with Crippen LogP contribution >= 0.6 is 0 Å². The highest BCUT2D eigenvalue weighted by Gasteiger charge is 2.34. The molecule has 1 aliphatic rings. The van der Waals surface area contributed by atoms with E-state index in [4.69, 9.17) is 0 Å². The Morgan fingerprint density at radius 1 is 1.38 bits per heavy atom. The quantitative estimate of drug-likeness (QED) is 0.788. The number of nitrogens with zero attached hydrogens (tertiary/aromatic N) is 1. The molecule has 0 aliphatic carbocycles. The molecule has 1 atom stereocenters. The van der Waals surface area contributed by atoms with Gasteiger partial charge in [-0.05, 0) is 6.42 Å². The molecule has 1 aliphatic heterocycles. The lowest BCUT2D eigenvalue weighted by Gasteiger charge is -2.28. The van der Waals surface area contributed by atoms with Gasteiger partial charge < -0.3 is 10.2 Å². The SMILES string of the molecule is CCCCN(CC(F)(F)F)C(=O)CC1CS(=O)(=O)CCN1. The van der Waals surface area contributed by atoms with E-state index in [1.165, 1.54) is 0 Å². The third-order valence-corrected chi connectivity index (χ3v) is 4.96. The highest BCUT2D eigenvalue weighted by atomic mass is 32.2. The van der Waals surface area contributed by atoms with Gasteiger partial charge in [-0.2, -0.15) is 13.2 Å². The third-order valence-electron chi connectivity index (χ3n) is 3.23. The second kappa shape index (κ2) is 7.44. The zero-order valence-corrected chi connectivity index (χ0v) is 12.8. The molecule has 1 heterocycles. The number of carbonyl (C=O) groups excluding carboxylic acids is 1. The summed E-state index contributed by atoms with van der Waals surface area (Å²) in [4.78, 5) is 12.8. The molecule has 21 heavy (non-hydrogen) atoms.